The Morgan fingerprint density at radius 3 is 2.41 bits per heavy atom. The standard InChI is InChI=1S/C28H40O9/c1-15-16(14-29)12-21(37-22(15)32)25(4,33)28(36)11-10-26(34)18-13-20(31)27(35)8-5-6-19(30)24(27,3)17(18)7-9-23(26,28)2/h5-6,17-18,20-21,29,31,33-36H,7-14H2,1-4H3/t17-,18+,20+,21?,23-,24-,25+,26+,27-,28-/m0/s1. The number of ether oxygens (including phenoxy) is 1. The van der Waals surface area contributed by atoms with Gasteiger partial charge in [-0.05, 0) is 82.8 Å². The Bertz CT molecular complexity index is 1100. The Hall–Kier alpha value is -1.62. The second-order valence-electron chi connectivity index (χ2n) is 12.8. The van der Waals surface area contributed by atoms with E-state index in [-0.39, 0.29) is 56.5 Å². The molecule has 4 aliphatic carbocycles. The number of aliphatic hydroxyl groups excluding tert-OH is 2. The number of hydrogen-bond donors (Lipinski definition) is 6. The number of carbonyl (C=O) groups is 2. The van der Waals surface area contributed by atoms with E-state index in [1.807, 2.05) is 0 Å². The van der Waals surface area contributed by atoms with E-state index in [9.17, 15) is 40.2 Å². The predicted octanol–water partition coefficient (Wildman–Crippen LogP) is 0.681. The minimum atomic E-state index is -1.98. The van der Waals surface area contributed by atoms with Crippen LogP contribution in [0.4, 0.5) is 0 Å². The smallest absolute Gasteiger partial charge is 0.334 e. The van der Waals surface area contributed by atoms with Crippen LogP contribution in [0.2, 0.25) is 0 Å². The largest absolute Gasteiger partial charge is 0.455 e. The molecule has 3 fully saturated rings. The van der Waals surface area contributed by atoms with Gasteiger partial charge in [-0.1, -0.05) is 13.0 Å². The monoisotopic (exact) mass is 520 g/mol. The van der Waals surface area contributed by atoms with E-state index >= 15 is 0 Å². The highest BCUT2D eigenvalue weighted by atomic mass is 16.6. The predicted molar refractivity (Wildman–Crippen MR) is 131 cm³/mol. The summed E-state index contributed by atoms with van der Waals surface area (Å²) in [5.74, 6) is -2.01. The molecule has 0 bridgehead atoms. The SMILES string of the molecule is CC1=C(CO)CC([C@@](C)(O)[C@]2(O)CC[C@@]3(O)[C@@H]4C[C@@H](O)[C@@]5(O)CC=CC(=O)[C@]5(C)[C@H]4CC[C@]23C)OC1=O. The molecule has 0 saturated heterocycles. The van der Waals surface area contributed by atoms with Crippen LogP contribution in [0.1, 0.15) is 72.6 Å². The Morgan fingerprint density at radius 1 is 1.08 bits per heavy atom. The van der Waals surface area contributed by atoms with Crippen molar-refractivity contribution >= 4 is 11.8 Å². The maximum Gasteiger partial charge on any atom is 0.334 e. The van der Waals surface area contributed by atoms with Crippen molar-refractivity contribution in [2.75, 3.05) is 6.61 Å². The lowest BCUT2D eigenvalue weighted by molar-refractivity contribution is -0.301. The van der Waals surface area contributed by atoms with Crippen LogP contribution in [0.25, 0.3) is 0 Å². The summed E-state index contributed by atoms with van der Waals surface area (Å²) in [6, 6.07) is 0. The second kappa shape index (κ2) is 7.96. The molecule has 1 unspecified atom stereocenters. The van der Waals surface area contributed by atoms with Crippen LogP contribution in [-0.4, -0.2) is 83.6 Å². The molecule has 0 aromatic rings. The molecule has 9 nitrogen and oxygen atoms in total. The normalized spacial score (nSPS) is 51.2. The molecule has 0 aromatic heterocycles. The topological polar surface area (TPSA) is 165 Å². The number of hydrogen-bond acceptors (Lipinski definition) is 9. The minimum Gasteiger partial charge on any atom is -0.455 e. The first kappa shape index (κ1) is 27.0. The van der Waals surface area contributed by atoms with Crippen LogP contribution >= 0.6 is 0 Å². The van der Waals surface area contributed by atoms with E-state index in [0.29, 0.717) is 12.0 Å². The Labute approximate surface area is 216 Å². The third kappa shape index (κ3) is 2.96. The molecule has 9 heteroatoms. The number of fused-ring (bicyclic) bond motifs is 5. The van der Waals surface area contributed by atoms with Gasteiger partial charge in [-0.15, -0.1) is 0 Å². The fourth-order valence-corrected chi connectivity index (χ4v) is 9.05. The highest BCUT2D eigenvalue weighted by molar-refractivity contribution is 5.97. The fourth-order valence-electron chi connectivity index (χ4n) is 9.05. The number of allylic oxidation sites excluding steroid dienone is 1. The van der Waals surface area contributed by atoms with Crippen molar-refractivity contribution in [1.82, 2.24) is 0 Å². The summed E-state index contributed by atoms with van der Waals surface area (Å²) in [7, 11) is 0. The number of aliphatic hydroxyl groups is 6. The van der Waals surface area contributed by atoms with Gasteiger partial charge in [0.2, 0.25) is 0 Å². The average Bonchev–Trinajstić information content (AvgIpc) is 3.06. The van der Waals surface area contributed by atoms with Crippen LogP contribution in [0.5, 0.6) is 0 Å². The number of ketones is 1. The van der Waals surface area contributed by atoms with Gasteiger partial charge >= 0.3 is 5.97 Å². The zero-order valence-electron chi connectivity index (χ0n) is 22.0. The van der Waals surface area contributed by atoms with Gasteiger partial charge in [0.25, 0.3) is 0 Å². The number of cyclic esters (lactones) is 1. The summed E-state index contributed by atoms with van der Waals surface area (Å²) in [6.45, 7) is 5.98. The van der Waals surface area contributed by atoms with Gasteiger partial charge in [0.15, 0.2) is 5.78 Å². The lowest BCUT2D eigenvalue weighted by atomic mass is 9.41. The molecule has 206 valence electrons. The van der Waals surface area contributed by atoms with Crippen molar-refractivity contribution in [2.24, 2.45) is 22.7 Å². The van der Waals surface area contributed by atoms with Crippen molar-refractivity contribution in [3.63, 3.8) is 0 Å². The summed E-state index contributed by atoms with van der Waals surface area (Å²) < 4.78 is 5.54. The Kier molecular flexibility index (Phi) is 5.80. The van der Waals surface area contributed by atoms with Crippen LogP contribution in [0, 0.1) is 22.7 Å². The molecule has 10 atom stereocenters. The zero-order valence-corrected chi connectivity index (χ0v) is 22.0. The van der Waals surface area contributed by atoms with Gasteiger partial charge in [0.1, 0.15) is 22.9 Å². The zero-order chi connectivity index (χ0) is 27.4. The maximum absolute atomic E-state index is 13.2. The summed E-state index contributed by atoms with van der Waals surface area (Å²) in [4.78, 5) is 25.7. The molecule has 5 aliphatic rings. The molecular formula is C28H40O9. The molecular weight excluding hydrogens is 480 g/mol. The number of carbonyl (C=O) groups excluding carboxylic acids is 2. The first-order chi connectivity index (χ1) is 17.0. The van der Waals surface area contributed by atoms with Crippen molar-refractivity contribution in [3.05, 3.63) is 23.3 Å². The molecule has 3 saturated carbocycles. The Balaban J connectivity index is 1.55. The molecule has 5 rings (SSSR count). The third-order valence-corrected chi connectivity index (χ3v) is 11.8. The van der Waals surface area contributed by atoms with Gasteiger partial charge in [0, 0.05) is 17.4 Å². The van der Waals surface area contributed by atoms with Crippen molar-refractivity contribution in [1.29, 1.82) is 0 Å². The molecule has 0 spiro atoms. The van der Waals surface area contributed by atoms with Crippen LogP contribution in [-0.2, 0) is 14.3 Å². The third-order valence-electron chi connectivity index (χ3n) is 11.8. The molecule has 0 aromatic carbocycles. The van der Waals surface area contributed by atoms with Crippen molar-refractivity contribution in [2.45, 2.75) is 107 Å². The average molecular weight is 521 g/mol. The maximum atomic E-state index is 13.2. The molecule has 6 N–H and O–H groups in total. The highest BCUT2D eigenvalue weighted by Gasteiger charge is 2.78. The highest BCUT2D eigenvalue weighted by Crippen LogP contribution is 2.71. The molecule has 1 aliphatic heterocycles. The second-order valence-corrected chi connectivity index (χ2v) is 12.8. The number of rotatable bonds is 3. The van der Waals surface area contributed by atoms with E-state index in [4.69, 9.17) is 4.74 Å². The molecule has 0 radical (unpaired) electrons. The van der Waals surface area contributed by atoms with Crippen molar-refractivity contribution in [3.8, 4) is 0 Å². The summed E-state index contributed by atoms with van der Waals surface area (Å²) >= 11 is 0. The number of esters is 1. The van der Waals surface area contributed by atoms with Crippen molar-refractivity contribution < 1.29 is 45.0 Å². The van der Waals surface area contributed by atoms with E-state index in [1.54, 1.807) is 26.8 Å². The van der Waals surface area contributed by atoms with E-state index in [2.05, 4.69) is 0 Å². The quantitative estimate of drug-likeness (QED) is 0.294. The molecule has 37 heavy (non-hydrogen) atoms. The van der Waals surface area contributed by atoms with Gasteiger partial charge in [-0.25, -0.2) is 4.79 Å². The minimum absolute atomic E-state index is 0.00630. The van der Waals surface area contributed by atoms with Gasteiger partial charge in [0.05, 0.1) is 23.7 Å². The molecule has 0 amide bonds. The first-order valence-corrected chi connectivity index (χ1v) is 13.3. The van der Waals surface area contributed by atoms with E-state index < -0.39 is 63.2 Å². The van der Waals surface area contributed by atoms with Crippen LogP contribution in [0.15, 0.2) is 23.3 Å². The lowest BCUT2D eigenvalue weighted by Gasteiger charge is -2.66. The Morgan fingerprint density at radius 2 is 1.76 bits per heavy atom. The van der Waals surface area contributed by atoms with Gasteiger partial charge < -0.3 is 35.4 Å². The summed E-state index contributed by atoms with van der Waals surface area (Å²) in [6.07, 6.45) is 1.62. The van der Waals surface area contributed by atoms with E-state index in [0.717, 1.165) is 0 Å². The fraction of sp³-hybridized carbons (Fsp3) is 0.786. The lowest BCUT2D eigenvalue weighted by Crippen LogP contribution is -2.75. The summed E-state index contributed by atoms with van der Waals surface area (Å²) in [5, 5.41) is 69.1. The van der Waals surface area contributed by atoms with E-state index in [1.165, 1.54) is 13.0 Å². The first-order valence-electron chi connectivity index (χ1n) is 13.3. The summed E-state index contributed by atoms with van der Waals surface area (Å²) in [5.41, 5.74) is -8.94. The van der Waals surface area contributed by atoms with Crippen LogP contribution in [0.3, 0.4) is 0 Å². The van der Waals surface area contributed by atoms with Crippen LogP contribution < -0.4 is 0 Å². The van der Waals surface area contributed by atoms with Gasteiger partial charge in [-0.2, -0.15) is 0 Å². The van der Waals surface area contributed by atoms with Gasteiger partial charge in [-0.3, -0.25) is 4.79 Å². The molecule has 1 heterocycles.